The van der Waals surface area contributed by atoms with Crippen LogP contribution in [0.1, 0.15) is 6.42 Å². The predicted molar refractivity (Wildman–Crippen MR) is 48.0 cm³/mol. The smallest absolute Gasteiger partial charge is 0.121 e. The maximum absolute atomic E-state index is 5.91. The zero-order chi connectivity index (χ0) is 8.55. The van der Waals surface area contributed by atoms with Crippen molar-refractivity contribution in [1.29, 1.82) is 0 Å². The number of fused-ring (bicyclic) bond motifs is 1. The van der Waals surface area contributed by atoms with Crippen LogP contribution in [0.5, 0.6) is 0 Å². The zero-order valence-electron chi connectivity index (χ0n) is 7.45. The summed E-state index contributed by atoms with van der Waals surface area (Å²) in [7, 11) is 2.09. The summed E-state index contributed by atoms with van der Waals surface area (Å²) in [5.41, 5.74) is 5.91. The molecule has 4 nitrogen and oxygen atoms in total. The van der Waals surface area contributed by atoms with Gasteiger partial charge in [-0.15, -0.1) is 0 Å². The molecule has 0 aromatic heterocycles. The monoisotopic (exact) mass is 168 g/mol. The summed E-state index contributed by atoms with van der Waals surface area (Å²) in [5, 5.41) is 3.22. The van der Waals surface area contributed by atoms with Gasteiger partial charge in [-0.25, -0.2) is 0 Å². The number of rotatable bonds is 0. The quantitative estimate of drug-likeness (QED) is 0.502. The van der Waals surface area contributed by atoms with Crippen LogP contribution in [0, 0.1) is 0 Å². The average molecular weight is 168 g/mol. The first-order chi connectivity index (χ1) is 5.77. The molecule has 0 radical (unpaired) electrons. The van der Waals surface area contributed by atoms with Gasteiger partial charge < -0.3 is 20.9 Å². The molecule has 68 valence electrons. The number of nitrogens with zero attached hydrogens (tertiary/aromatic N) is 2. The molecule has 0 bridgehead atoms. The van der Waals surface area contributed by atoms with Crippen LogP contribution < -0.4 is 11.1 Å². The third-order valence-electron chi connectivity index (χ3n) is 2.51. The van der Waals surface area contributed by atoms with Gasteiger partial charge >= 0.3 is 0 Å². The summed E-state index contributed by atoms with van der Waals surface area (Å²) in [5.74, 6) is 1.28. The molecule has 0 aliphatic carbocycles. The van der Waals surface area contributed by atoms with Crippen LogP contribution in [-0.2, 0) is 0 Å². The molecule has 2 heterocycles. The van der Waals surface area contributed by atoms with E-state index >= 15 is 0 Å². The van der Waals surface area contributed by atoms with Crippen LogP contribution in [0.25, 0.3) is 0 Å². The number of likely N-dealkylation sites (N-methyl/N-ethyl adjacent to an activating group) is 1. The van der Waals surface area contributed by atoms with Crippen molar-refractivity contribution in [3.8, 4) is 0 Å². The van der Waals surface area contributed by atoms with Gasteiger partial charge in [0.05, 0.1) is 6.67 Å². The Morgan fingerprint density at radius 2 is 2.50 bits per heavy atom. The minimum atomic E-state index is 0.321. The van der Waals surface area contributed by atoms with E-state index in [4.69, 9.17) is 5.73 Å². The Balaban J connectivity index is 2.13. The van der Waals surface area contributed by atoms with E-state index in [9.17, 15) is 0 Å². The Labute approximate surface area is 73.0 Å². The molecular formula is C8H16N4. The molecule has 0 amide bonds. The van der Waals surface area contributed by atoms with E-state index < -0.39 is 0 Å². The largest absolute Gasteiger partial charge is 0.371 e. The maximum Gasteiger partial charge on any atom is 0.121 e. The number of hydrogen-bond donors (Lipinski definition) is 2. The van der Waals surface area contributed by atoms with Gasteiger partial charge in [-0.05, 0) is 6.42 Å². The van der Waals surface area contributed by atoms with E-state index in [1.54, 1.807) is 0 Å². The van der Waals surface area contributed by atoms with Crippen LogP contribution in [0.2, 0.25) is 0 Å². The highest BCUT2D eigenvalue weighted by Gasteiger charge is 2.23. The zero-order valence-corrected chi connectivity index (χ0v) is 7.45. The number of hydrogen-bond acceptors (Lipinski definition) is 4. The van der Waals surface area contributed by atoms with Crippen molar-refractivity contribution in [2.24, 2.45) is 5.73 Å². The first-order valence-electron chi connectivity index (χ1n) is 4.42. The molecule has 2 aliphatic heterocycles. The summed E-state index contributed by atoms with van der Waals surface area (Å²) in [6.07, 6.45) is 3.15. The molecular weight excluding hydrogens is 152 g/mol. The first kappa shape index (κ1) is 7.73. The van der Waals surface area contributed by atoms with Gasteiger partial charge in [0.15, 0.2) is 0 Å². The van der Waals surface area contributed by atoms with Crippen molar-refractivity contribution < 1.29 is 0 Å². The van der Waals surface area contributed by atoms with Crippen molar-refractivity contribution in [2.75, 3.05) is 26.8 Å². The minimum absolute atomic E-state index is 0.321. The molecule has 1 unspecified atom stereocenters. The van der Waals surface area contributed by atoms with Crippen LogP contribution >= 0.6 is 0 Å². The van der Waals surface area contributed by atoms with Gasteiger partial charge in [-0.2, -0.15) is 0 Å². The van der Waals surface area contributed by atoms with Crippen molar-refractivity contribution in [3.05, 3.63) is 12.0 Å². The summed E-state index contributed by atoms with van der Waals surface area (Å²) < 4.78 is 0. The Bertz CT molecular complexity index is 201. The van der Waals surface area contributed by atoms with E-state index in [0.29, 0.717) is 6.04 Å². The van der Waals surface area contributed by atoms with Gasteiger partial charge in [0.1, 0.15) is 5.82 Å². The summed E-state index contributed by atoms with van der Waals surface area (Å²) in [4.78, 5) is 4.55. The maximum atomic E-state index is 5.91. The Morgan fingerprint density at radius 1 is 1.67 bits per heavy atom. The van der Waals surface area contributed by atoms with Crippen LogP contribution in [0.3, 0.4) is 0 Å². The predicted octanol–water partition coefficient (Wildman–Crippen LogP) is -0.689. The molecule has 2 aliphatic rings. The average Bonchev–Trinajstić information content (AvgIpc) is 2.43. The number of nitrogens with one attached hydrogen (secondary N) is 1. The van der Waals surface area contributed by atoms with Gasteiger partial charge in [0.25, 0.3) is 0 Å². The van der Waals surface area contributed by atoms with Crippen molar-refractivity contribution in [3.63, 3.8) is 0 Å². The molecule has 0 aromatic carbocycles. The highest BCUT2D eigenvalue weighted by molar-refractivity contribution is 5.06. The van der Waals surface area contributed by atoms with Crippen molar-refractivity contribution in [1.82, 2.24) is 15.1 Å². The second-order valence-corrected chi connectivity index (χ2v) is 3.56. The second-order valence-electron chi connectivity index (χ2n) is 3.56. The van der Waals surface area contributed by atoms with Gasteiger partial charge in [-0.1, -0.05) is 0 Å². The van der Waals surface area contributed by atoms with E-state index in [1.807, 2.05) is 0 Å². The Hall–Kier alpha value is -0.900. The molecule has 4 heteroatoms. The summed E-state index contributed by atoms with van der Waals surface area (Å²) >= 11 is 0. The summed E-state index contributed by atoms with van der Waals surface area (Å²) in [6.45, 7) is 2.97. The first-order valence-corrected chi connectivity index (χ1v) is 4.42. The van der Waals surface area contributed by atoms with Gasteiger partial charge in [-0.3, -0.25) is 0 Å². The molecule has 1 fully saturated rings. The highest BCUT2D eigenvalue weighted by atomic mass is 15.4. The van der Waals surface area contributed by atoms with Gasteiger partial charge in [0, 0.05) is 32.4 Å². The SMILES string of the molecule is CN1CC(N)CCN2CNC=C12. The van der Waals surface area contributed by atoms with E-state index in [0.717, 1.165) is 26.2 Å². The molecule has 12 heavy (non-hydrogen) atoms. The molecule has 0 aromatic rings. The Morgan fingerprint density at radius 3 is 3.33 bits per heavy atom. The van der Waals surface area contributed by atoms with Crippen LogP contribution in [0.15, 0.2) is 12.0 Å². The molecule has 3 N–H and O–H groups in total. The lowest BCUT2D eigenvalue weighted by Gasteiger charge is -2.24. The molecule has 0 spiro atoms. The highest BCUT2D eigenvalue weighted by Crippen LogP contribution is 2.16. The van der Waals surface area contributed by atoms with Crippen molar-refractivity contribution in [2.45, 2.75) is 12.5 Å². The van der Waals surface area contributed by atoms with Gasteiger partial charge in [0.2, 0.25) is 0 Å². The van der Waals surface area contributed by atoms with Crippen LogP contribution in [0.4, 0.5) is 0 Å². The van der Waals surface area contributed by atoms with E-state index in [-0.39, 0.29) is 0 Å². The fourth-order valence-corrected chi connectivity index (χ4v) is 1.82. The standard InChI is InChI=1S/C8H16N4/c1-11-5-7(9)2-3-12-6-10-4-8(11)12/h4,7,10H,2-3,5-6,9H2,1H3. The van der Waals surface area contributed by atoms with E-state index in [2.05, 4.69) is 28.4 Å². The molecule has 1 atom stereocenters. The lowest BCUT2D eigenvalue weighted by Crippen LogP contribution is -2.33. The lowest BCUT2D eigenvalue weighted by atomic mass is 10.2. The van der Waals surface area contributed by atoms with Crippen molar-refractivity contribution >= 4 is 0 Å². The normalized spacial score (nSPS) is 29.2. The molecule has 1 saturated heterocycles. The third kappa shape index (κ3) is 1.22. The van der Waals surface area contributed by atoms with Crippen LogP contribution in [-0.4, -0.2) is 42.6 Å². The summed E-state index contributed by atoms with van der Waals surface area (Å²) in [6, 6.07) is 0.321. The fourth-order valence-electron chi connectivity index (χ4n) is 1.82. The molecule has 0 saturated carbocycles. The van der Waals surface area contributed by atoms with E-state index in [1.165, 1.54) is 5.82 Å². The molecule has 2 rings (SSSR count). The third-order valence-corrected chi connectivity index (χ3v) is 2.51. The topological polar surface area (TPSA) is 44.5 Å². The minimum Gasteiger partial charge on any atom is -0.371 e. The fraction of sp³-hybridized carbons (Fsp3) is 0.750. The Kier molecular flexibility index (Phi) is 1.84. The second kappa shape index (κ2) is 2.86. The lowest BCUT2D eigenvalue weighted by molar-refractivity contribution is 0.285. The number of nitrogens with two attached hydrogens (primary N) is 1.